The zero-order valence-corrected chi connectivity index (χ0v) is 15.4. The molecule has 1 heterocycles. The predicted molar refractivity (Wildman–Crippen MR) is 107 cm³/mol. The number of amides is 4. The number of benzene rings is 3. The molecular formula is C21H16ClN3O3. The zero-order chi connectivity index (χ0) is 19.8. The normalized spacial score (nSPS) is 18.2. The van der Waals surface area contributed by atoms with Gasteiger partial charge in [-0.25, -0.2) is 4.79 Å². The average Bonchev–Trinajstić information content (AvgIpc) is 2.66. The monoisotopic (exact) mass is 393 g/mol. The third-order valence-corrected chi connectivity index (χ3v) is 5.17. The van der Waals surface area contributed by atoms with Crippen molar-refractivity contribution >= 4 is 45.9 Å². The Kier molecular flexibility index (Phi) is 4.49. The third-order valence-electron chi connectivity index (χ3n) is 4.91. The second-order valence-corrected chi connectivity index (χ2v) is 7.03. The van der Waals surface area contributed by atoms with E-state index in [1.54, 1.807) is 24.3 Å². The highest BCUT2D eigenvalue weighted by Gasteiger charge is 2.42. The highest BCUT2D eigenvalue weighted by Crippen LogP contribution is 2.44. The Bertz CT molecular complexity index is 1110. The summed E-state index contributed by atoms with van der Waals surface area (Å²) in [6, 6.07) is 17.4. The molecule has 0 spiro atoms. The molecule has 0 bridgehead atoms. The number of urea groups is 1. The van der Waals surface area contributed by atoms with E-state index in [1.807, 2.05) is 41.7 Å². The van der Waals surface area contributed by atoms with Gasteiger partial charge in [0.15, 0.2) is 0 Å². The van der Waals surface area contributed by atoms with Crippen molar-refractivity contribution in [3.8, 4) is 0 Å². The maximum Gasteiger partial charge on any atom is 0.318 e. The van der Waals surface area contributed by atoms with Crippen LogP contribution in [0.2, 0.25) is 5.02 Å². The summed E-state index contributed by atoms with van der Waals surface area (Å²) in [6.45, 7) is 0. The summed E-state index contributed by atoms with van der Waals surface area (Å²) >= 11 is 6.02. The van der Waals surface area contributed by atoms with E-state index in [9.17, 15) is 14.4 Å². The molecule has 0 aliphatic carbocycles. The van der Waals surface area contributed by atoms with Crippen LogP contribution < -0.4 is 16.4 Å². The van der Waals surface area contributed by atoms with Crippen LogP contribution in [0.1, 0.15) is 17.0 Å². The van der Waals surface area contributed by atoms with E-state index in [-0.39, 0.29) is 0 Å². The van der Waals surface area contributed by atoms with Crippen LogP contribution in [0.5, 0.6) is 0 Å². The highest BCUT2D eigenvalue weighted by atomic mass is 35.5. The summed E-state index contributed by atoms with van der Waals surface area (Å²) in [4.78, 5) is 36.8. The fourth-order valence-corrected chi connectivity index (χ4v) is 3.89. The number of carbonyl (C=O) groups is 3. The second-order valence-electron chi connectivity index (χ2n) is 6.60. The van der Waals surface area contributed by atoms with Gasteiger partial charge in [0, 0.05) is 16.6 Å². The Morgan fingerprint density at radius 1 is 1.00 bits per heavy atom. The molecule has 7 heteroatoms. The highest BCUT2D eigenvalue weighted by molar-refractivity contribution is 6.30. The van der Waals surface area contributed by atoms with E-state index < -0.39 is 29.7 Å². The molecule has 4 amide bonds. The maximum absolute atomic E-state index is 12.8. The molecule has 2 atom stereocenters. The van der Waals surface area contributed by atoms with Crippen LogP contribution in [-0.2, 0) is 9.59 Å². The topological polar surface area (TPSA) is 101 Å². The van der Waals surface area contributed by atoms with Crippen molar-refractivity contribution in [2.75, 3.05) is 5.32 Å². The number of anilines is 1. The van der Waals surface area contributed by atoms with Gasteiger partial charge >= 0.3 is 6.03 Å². The Morgan fingerprint density at radius 3 is 2.43 bits per heavy atom. The summed E-state index contributed by atoms with van der Waals surface area (Å²) in [5.41, 5.74) is 7.29. The van der Waals surface area contributed by atoms with Gasteiger partial charge in [0.2, 0.25) is 11.8 Å². The first-order valence-electron chi connectivity index (χ1n) is 8.64. The van der Waals surface area contributed by atoms with Gasteiger partial charge in [-0.15, -0.1) is 0 Å². The Balaban J connectivity index is 1.97. The van der Waals surface area contributed by atoms with Crippen LogP contribution in [0.25, 0.3) is 10.8 Å². The van der Waals surface area contributed by atoms with Crippen LogP contribution in [-0.4, -0.2) is 17.8 Å². The second kappa shape index (κ2) is 6.98. The molecule has 2 unspecified atom stereocenters. The molecule has 28 heavy (non-hydrogen) atoms. The van der Waals surface area contributed by atoms with Crippen molar-refractivity contribution in [2.24, 2.45) is 11.7 Å². The molecule has 1 aliphatic rings. The number of rotatable bonds is 2. The number of nitrogens with two attached hydrogens (primary N) is 1. The van der Waals surface area contributed by atoms with E-state index in [4.69, 9.17) is 17.3 Å². The zero-order valence-electron chi connectivity index (χ0n) is 14.6. The molecule has 6 nitrogen and oxygen atoms in total. The van der Waals surface area contributed by atoms with Crippen molar-refractivity contribution in [2.45, 2.75) is 5.92 Å². The lowest BCUT2D eigenvalue weighted by Gasteiger charge is -2.33. The number of fused-ring (bicyclic) bond motifs is 3. The van der Waals surface area contributed by atoms with Gasteiger partial charge < -0.3 is 11.1 Å². The van der Waals surface area contributed by atoms with Crippen LogP contribution in [0.3, 0.4) is 0 Å². The first-order valence-corrected chi connectivity index (χ1v) is 9.02. The van der Waals surface area contributed by atoms with E-state index in [2.05, 4.69) is 5.32 Å². The number of carbonyl (C=O) groups excluding carboxylic acids is 3. The number of nitrogens with one attached hydrogen (secondary N) is 2. The van der Waals surface area contributed by atoms with Crippen LogP contribution >= 0.6 is 11.6 Å². The Morgan fingerprint density at radius 2 is 1.71 bits per heavy atom. The Hall–Kier alpha value is -3.38. The molecule has 1 aliphatic heterocycles. The molecule has 0 fully saturated rings. The van der Waals surface area contributed by atoms with Crippen LogP contribution in [0.4, 0.5) is 10.5 Å². The van der Waals surface area contributed by atoms with E-state index in [1.165, 1.54) is 0 Å². The van der Waals surface area contributed by atoms with Crippen molar-refractivity contribution < 1.29 is 14.4 Å². The van der Waals surface area contributed by atoms with E-state index >= 15 is 0 Å². The van der Waals surface area contributed by atoms with Crippen molar-refractivity contribution in [1.29, 1.82) is 0 Å². The molecule has 0 saturated carbocycles. The molecule has 4 N–H and O–H groups in total. The van der Waals surface area contributed by atoms with Crippen LogP contribution in [0.15, 0.2) is 60.7 Å². The molecule has 0 radical (unpaired) electrons. The van der Waals surface area contributed by atoms with Gasteiger partial charge in [0.25, 0.3) is 0 Å². The van der Waals surface area contributed by atoms with E-state index in [0.29, 0.717) is 10.7 Å². The van der Waals surface area contributed by atoms with Gasteiger partial charge in [-0.1, -0.05) is 54.1 Å². The first kappa shape index (κ1) is 18.0. The Labute approximate surface area is 165 Å². The fraction of sp³-hybridized carbons (Fsp3) is 0.0952. The lowest BCUT2D eigenvalue weighted by Crippen LogP contribution is -2.47. The average molecular weight is 394 g/mol. The summed E-state index contributed by atoms with van der Waals surface area (Å²) in [5.74, 6) is -3.01. The SMILES string of the molecule is NC(=O)NC(=O)C1C(=O)Nc2ccc3ccccc3c2C1c1ccc(Cl)cc1. The summed E-state index contributed by atoms with van der Waals surface area (Å²) in [6.07, 6.45) is 0. The molecule has 140 valence electrons. The van der Waals surface area contributed by atoms with Gasteiger partial charge in [0.05, 0.1) is 0 Å². The number of primary amides is 1. The predicted octanol–water partition coefficient (Wildman–Crippen LogP) is 3.39. The molecular weight excluding hydrogens is 378 g/mol. The molecule has 0 saturated heterocycles. The molecule has 0 aromatic heterocycles. The standard InChI is InChI=1S/C21H16ClN3O3/c22-13-8-5-12(6-9-13)16-17-14-4-2-1-3-11(14)7-10-15(17)24-19(26)18(16)20(27)25-21(23)28/h1-10,16,18H,(H,24,26)(H3,23,25,27,28). The number of hydrogen-bond acceptors (Lipinski definition) is 3. The number of halogens is 1. The van der Waals surface area contributed by atoms with Crippen LogP contribution in [0, 0.1) is 5.92 Å². The maximum atomic E-state index is 12.8. The van der Waals surface area contributed by atoms with E-state index in [0.717, 1.165) is 21.9 Å². The summed E-state index contributed by atoms with van der Waals surface area (Å²) in [5, 5.41) is 7.27. The lowest BCUT2D eigenvalue weighted by atomic mass is 9.75. The largest absolute Gasteiger partial charge is 0.351 e. The van der Waals surface area contributed by atoms with Gasteiger partial charge in [0.1, 0.15) is 5.92 Å². The molecule has 3 aromatic carbocycles. The molecule has 4 rings (SSSR count). The minimum absolute atomic E-state index is 0.499. The minimum Gasteiger partial charge on any atom is -0.351 e. The lowest BCUT2D eigenvalue weighted by molar-refractivity contribution is -0.132. The van der Waals surface area contributed by atoms with Gasteiger partial charge in [-0.2, -0.15) is 0 Å². The van der Waals surface area contributed by atoms with Crippen molar-refractivity contribution in [1.82, 2.24) is 5.32 Å². The van der Waals surface area contributed by atoms with Crippen molar-refractivity contribution in [3.05, 3.63) is 76.8 Å². The number of imide groups is 1. The fourth-order valence-electron chi connectivity index (χ4n) is 3.77. The number of hydrogen-bond donors (Lipinski definition) is 3. The summed E-state index contributed by atoms with van der Waals surface area (Å²) < 4.78 is 0. The molecule has 3 aromatic rings. The van der Waals surface area contributed by atoms with Gasteiger partial charge in [-0.3, -0.25) is 14.9 Å². The minimum atomic E-state index is -1.16. The first-order chi connectivity index (χ1) is 13.5. The quantitative estimate of drug-likeness (QED) is 0.581. The summed E-state index contributed by atoms with van der Waals surface area (Å²) in [7, 11) is 0. The smallest absolute Gasteiger partial charge is 0.318 e. The third kappa shape index (κ3) is 3.08. The van der Waals surface area contributed by atoms with Crippen molar-refractivity contribution in [3.63, 3.8) is 0 Å². The van der Waals surface area contributed by atoms with Gasteiger partial charge in [-0.05, 0) is 40.1 Å².